The highest BCUT2D eigenvalue weighted by atomic mass is 35.5. The van der Waals surface area contributed by atoms with Gasteiger partial charge in [-0.2, -0.15) is 0 Å². The van der Waals surface area contributed by atoms with Crippen LogP contribution >= 0.6 is 11.6 Å². The standard InChI is InChI=1S/C5H8ClNO/c1-7(2)3-5(6)4-8/h3-4H,1-2H3/b5-3-. The molecule has 0 aromatic carbocycles. The molecule has 0 atom stereocenters. The molecule has 3 heteroatoms. The van der Waals surface area contributed by atoms with E-state index in [0.717, 1.165) is 0 Å². The number of rotatable bonds is 2. The molecular weight excluding hydrogens is 126 g/mol. The van der Waals surface area contributed by atoms with Gasteiger partial charge in [-0.1, -0.05) is 11.6 Å². The Morgan fingerprint density at radius 3 is 2.25 bits per heavy atom. The highest BCUT2D eigenvalue weighted by Gasteiger charge is 1.85. The molecule has 46 valence electrons. The summed E-state index contributed by atoms with van der Waals surface area (Å²) in [6.07, 6.45) is 2.14. The van der Waals surface area contributed by atoms with Crippen LogP contribution in [0.4, 0.5) is 0 Å². The fourth-order valence-corrected chi connectivity index (χ4v) is 0.472. The molecule has 0 radical (unpaired) electrons. The number of nitrogens with zero attached hydrogens (tertiary/aromatic N) is 1. The van der Waals surface area contributed by atoms with Gasteiger partial charge in [0, 0.05) is 20.3 Å². The van der Waals surface area contributed by atoms with Crippen molar-refractivity contribution in [2.45, 2.75) is 0 Å². The Bertz CT molecular complexity index is 109. The third kappa shape index (κ3) is 3.68. The van der Waals surface area contributed by atoms with E-state index in [9.17, 15) is 4.79 Å². The van der Waals surface area contributed by atoms with Gasteiger partial charge in [0.2, 0.25) is 0 Å². The van der Waals surface area contributed by atoms with Crippen LogP contribution in [0, 0.1) is 0 Å². The van der Waals surface area contributed by atoms with Crippen molar-refractivity contribution < 1.29 is 4.79 Å². The normalized spacial score (nSPS) is 11.1. The van der Waals surface area contributed by atoms with Crippen molar-refractivity contribution in [1.82, 2.24) is 4.90 Å². The second-order valence-corrected chi connectivity index (χ2v) is 2.03. The first kappa shape index (κ1) is 7.50. The molecule has 8 heavy (non-hydrogen) atoms. The molecule has 0 aliphatic heterocycles. The molecule has 0 rings (SSSR count). The predicted molar refractivity (Wildman–Crippen MR) is 33.7 cm³/mol. The molecule has 2 nitrogen and oxygen atoms in total. The molecule has 0 aliphatic carbocycles. The van der Waals surface area contributed by atoms with Crippen molar-refractivity contribution in [1.29, 1.82) is 0 Å². The van der Waals surface area contributed by atoms with E-state index in [0.29, 0.717) is 6.29 Å². The maximum absolute atomic E-state index is 9.81. The molecule has 0 bridgehead atoms. The smallest absolute Gasteiger partial charge is 0.162 e. The Morgan fingerprint density at radius 1 is 1.62 bits per heavy atom. The van der Waals surface area contributed by atoms with Gasteiger partial charge >= 0.3 is 0 Å². The van der Waals surface area contributed by atoms with Crippen molar-refractivity contribution in [2.24, 2.45) is 0 Å². The second-order valence-electron chi connectivity index (χ2n) is 1.60. The van der Waals surface area contributed by atoms with Crippen LogP contribution in [0.1, 0.15) is 0 Å². The number of allylic oxidation sites excluding steroid dienone is 1. The van der Waals surface area contributed by atoms with Crippen LogP contribution in [0.15, 0.2) is 11.2 Å². The monoisotopic (exact) mass is 133 g/mol. The van der Waals surface area contributed by atoms with E-state index in [-0.39, 0.29) is 5.03 Å². The van der Waals surface area contributed by atoms with Crippen molar-refractivity contribution in [3.63, 3.8) is 0 Å². The summed E-state index contributed by atoms with van der Waals surface area (Å²) in [5.41, 5.74) is 0. The third-order valence-electron chi connectivity index (χ3n) is 0.494. The van der Waals surface area contributed by atoms with Gasteiger partial charge in [-0.15, -0.1) is 0 Å². The number of carbonyl (C=O) groups excluding carboxylic acids is 1. The molecule has 0 heterocycles. The lowest BCUT2D eigenvalue weighted by molar-refractivity contribution is -0.104. The van der Waals surface area contributed by atoms with E-state index in [1.165, 1.54) is 6.20 Å². The maximum Gasteiger partial charge on any atom is 0.162 e. The van der Waals surface area contributed by atoms with E-state index in [1.807, 2.05) is 0 Å². The van der Waals surface area contributed by atoms with Gasteiger partial charge in [-0.3, -0.25) is 4.79 Å². The minimum Gasteiger partial charge on any atom is -0.382 e. The Balaban J connectivity index is 3.74. The lowest BCUT2D eigenvalue weighted by Crippen LogP contribution is -2.01. The van der Waals surface area contributed by atoms with Gasteiger partial charge in [-0.05, 0) is 0 Å². The second kappa shape index (κ2) is 3.50. The Labute approximate surface area is 53.7 Å². The molecular formula is C5H8ClNO. The number of hydrogen-bond acceptors (Lipinski definition) is 2. The van der Waals surface area contributed by atoms with Crippen LogP contribution in [0.2, 0.25) is 0 Å². The average molecular weight is 134 g/mol. The summed E-state index contributed by atoms with van der Waals surface area (Å²) in [6, 6.07) is 0. The van der Waals surface area contributed by atoms with Gasteiger partial charge in [0.15, 0.2) is 6.29 Å². The predicted octanol–water partition coefficient (Wildman–Crippen LogP) is 0.827. The molecule has 0 saturated carbocycles. The van der Waals surface area contributed by atoms with Gasteiger partial charge in [0.05, 0.1) is 5.03 Å². The summed E-state index contributed by atoms with van der Waals surface area (Å²) in [5.74, 6) is 0. The van der Waals surface area contributed by atoms with Gasteiger partial charge in [-0.25, -0.2) is 0 Å². The summed E-state index contributed by atoms with van der Waals surface area (Å²) in [7, 11) is 3.60. The number of carbonyl (C=O) groups is 1. The quantitative estimate of drug-likeness (QED) is 0.411. The zero-order chi connectivity index (χ0) is 6.57. The first-order valence-electron chi connectivity index (χ1n) is 2.15. The Kier molecular flexibility index (Phi) is 3.28. The summed E-state index contributed by atoms with van der Waals surface area (Å²) < 4.78 is 0. The zero-order valence-corrected chi connectivity index (χ0v) is 5.64. The van der Waals surface area contributed by atoms with Crippen LogP contribution < -0.4 is 0 Å². The number of hydrogen-bond donors (Lipinski definition) is 0. The minimum absolute atomic E-state index is 0.218. The Hall–Kier alpha value is -0.500. The molecule has 0 amide bonds. The van der Waals surface area contributed by atoms with E-state index in [1.54, 1.807) is 19.0 Å². The fourth-order valence-electron chi connectivity index (χ4n) is 0.277. The molecule has 0 saturated heterocycles. The molecule has 0 N–H and O–H groups in total. The SMILES string of the molecule is CN(C)/C=C(\Cl)C=O. The lowest BCUT2D eigenvalue weighted by Gasteiger charge is -2.01. The molecule has 0 aromatic heterocycles. The van der Waals surface area contributed by atoms with Crippen LogP contribution in [0.3, 0.4) is 0 Å². The number of aldehydes is 1. The highest BCUT2D eigenvalue weighted by molar-refractivity contribution is 6.38. The van der Waals surface area contributed by atoms with Crippen molar-refractivity contribution >= 4 is 17.9 Å². The maximum atomic E-state index is 9.81. The van der Waals surface area contributed by atoms with E-state index < -0.39 is 0 Å². The summed E-state index contributed by atoms with van der Waals surface area (Å²) in [6.45, 7) is 0. The lowest BCUT2D eigenvalue weighted by atomic mass is 10.6. The van der Waals surface area contributed by atoms with Crippen molar-refractivity contribution in [3.8, 4) is 0 Å². The molecule has 0 aliphatic rings. The third-order valence-corrected chi connectivity index (χ3v) is 0.681. The largest absolute Gasteiger partial charge is 0.382 e. The van der Waals surface area contributed by atoms with Gasteiger partial charge in [0.1, 0.15) is 0 Å². The summed E-state index contributed by atoms with van der Waals surface area (Å²) >= 11 is 5.31. The highest BCUT2D eigenvalue weighted by Crippen LogP contribution is 1.95. The van der Waals surface area contributed by atoms with Crippen molar-refractivity contribution in [3.05, 3.63) is 11.2 Å². The summed E-state index contributed by atoms with van der Waals surface area (Å²) in [4.78, 5) is 11.5. The number of halogens is 1. The van der Waals surface area contributed by atoms with Crippen molar-refractivity contribution in [2.75, 3.05) is 14.1 Å². The average Bonchev–Trinajstić information content (AvgIpc) is 1.65. The van der Waals surface area contributed by atoms with Crippen LogP contribution in [0.5, 0.6) is 0 Å². The Morgan fingerprint density at radius 2 is 2.12 bits per heavy atom. The minimum atomic E-state index is 0.218. The van der Waals surface area contributed by atoms with E-state index in [2.05, 4.69) is 0 Å². The molecule has 0 spiro atoms. The first-order chi connectivity index (χ1) is 3.66. The molecule has 0 unspecified atom stereocenters. The van der Waals surface area contributed by atoms with E-state index >= 15 is 0 Å². The zero-order valence-electron chi connectivity index (χ0n) is 4.89. The van der Waals surface area contributed by atoms with Crippen LogP contribution in [-0.2, 0) is 4.79 Å². The van der Waals surface area contributed by atoms with Crippen LogP contribution in [0.25, 0.3) is 0 Å². The van der Waals surface area contributed by atoms with Gasteiger partial charge in [0.25, 0.3) is 0 Å². The van der Waals surface area contributed by atoms with Crippen LogP contribution in [-0.4, -0.2) is 25.3 Å². The van der Waals surface area contributed by atoms with Gasteiger partial charge < -0.3 is 4.90 Å². The molecule has 0 fully saturated rings. The summed E-state index contributed by atoms with van der Waals surface area (Å²) in [5, 5.41) is 0.218. The first-order valence-corrected chi connectivity index (χ1v) is 2.53. The topological polar surface area (TPSA) is 20.3 Å². The van der Waals surface area contributed by atoms with E-state index in [4.69, 9.17) is 11.6 Å². The molecule has 0 aromatic rings. The fraction of sp³-hybridized carbons (Fsp3) is 0.400.